The topological polar surface area (TPSA) is 60.9 Å². The second-order valence-electron chi connectivity index (χ2n) is 6.37. The fourth-order valence-electron chi connectivity index (χ4n) is 3.47. The molecule has 2 fully saturated rings. The van der Waals surface area contributed by atoms with Gasteiger partial charge in [0.05, 0.1) is 5.92 Å². The molecule has 2 atom stereocenters. The van der Waals surface area contributed by atoms with E-state index in [-0.39, 0.29) is 11.9 Å². The molecule has 2 amide bonds. The van der Waals surface area contributed by atoms with Gasteiger partial charge in [-0.25, -0.2) is 4.79 Å². The quantitative estimate of drug-likeness (QED) is 0.791. The Hall–Kier alpha value is -1.26. The summed E-state index contributed by atoms with van der Waals surface area (Å²) in [7, 11) is 1.87. The Morgan fingerprint density at radius 2 is 1.70 bits per heavy atom. The number of likely N-dealkylation sites (tertiary alicyclic amines) is 1. The highest BCUT2D eigenvalue weighted by atomic mass is 16.4. The van der Waals surface area contributed by atoms with Crippen molar-refractivity contribution in [2.24, 2.45) is 11.8 Å². The lowest BCUT2D eigenvalue weighted by atomic mass is 9.99. The van der Waals surface area contributed by atoms with Crippen LogP contribution in [0, 0.1) is 11.8 Å². The van der Waals surface area contributed by atoms with E-state index in [4.69, 9.17) is 5.11 Å². The summed E-state index contributed by atoms with van der Waals surface area (Å²) in [5.41, 5.74) is 0. The molecule has 0 spiro atoms. The molecular weight excluding hydrogens is 256 g/mol. The van der Waals surface area contributed by atoms with Crippen LogP contribution in [-0.2, 0) is 4.79 Å². The minimum atomic E-state index is -0.787. The zero-order valence-electron chi connectivity index (χ0n) is 12.5. The first-order chi connectivity index (χ1) is 9.50. The van der Waals surface area contributed by atoms with E-state index in [0.29, 0.717) is 19.1 Å². The summed E-state index contributed by atoms with van der Waals surface area (Å²) in [6.45, 7) is 2.83. The summed E-state index contributed by atoms with van der Waals surface area (Å²) < 4.78 is 0. The number of amides is 2. The first kappa shape index (κ1) is 15.1. The molecule has 2 unspecified atom stereocenters. The van der Waals surface area contributed by atoms with Crippen LogP contribution in [-0.4, -0.2) is 53.1 Å². The summed E-state index contributed by atoms with van der Waals surface area (Å²) in [5, 5.41) is 9.16. The number of carbonyl (C=O) groups is 2. The maximum atomic E-state index is 12.5. The Morgan fingerprint density at radius 3 is 2.20 bits per heavy atom. The first-order valence-corrected chi connectivity index (χ1v) is 7.75. The van der Waals surface area contributed by atoms with Gasteiger partial charge >= 0.3 is 12.0 Å². The minimum Gasteiger partial charge on any atom is -0.481 e. The van der Waals surface area contributed by atoms with Crippen molar-refractivity contribution in [3.63, 3.8) is 0 Å². The average molecular weight is 282 g/mol. The molecule has 2 rings (SSSR count). The highest BCUT2D eigenvalue weighted by molar-refractivity contribution is 5.77. The van der Waals surface area contributed by atoms with E-state index in [1.807, 2.05) is 18.9 Å². The van der Waals surface area contributed by atoms with Crippen LogP contribution in [0.2, 0.25) is 0 Å². The number of rotatable bonds is 2. The van der Waals surface area contributed by atoms with Crippen LogP contribution < -0.4 is 0 Å². The smallest absolute Gasteiger partial charge is 0.320 e. The van der Waals surface area contributed by atoms with Crippen LogP contribution in [0.5, 0.6) is 0 Å². The second kappa shape index (κ2) is 6.46. The zero-order chi connectivity index (χ0) is 14.7. The lowest BCUT2D eigenvalue weighted by molar-refractivity contribution is -0.142. The van der Waals surface area contributed by atoms with Crippen LogP contribution in [0.3, 0.4) is 0 Å². The number of urea groups is 1. The molecule has 1 saturated carbocycles. The molecule has 0 aromatic rings. The molecule has 5 nitrogen and oxygen atoms in total. The molecule has 1 aliphatic carbocycles. The maximum Gasteiger partial charge on any atom is 0.320 e. The Morgan fingerprint density at radius 1 is 1.10 bits per heavy atom. The molecule has 0 aromatic carbocycles. The number of carboxylic acid groups (broad SMARTS) is 1. The normalized spacial score (nSPS) is 28.2. The molecule has 0 aromatic heterocycles. The number of carboxylic acids is 1. The third kappa shape index (κ3) is 3.25. The lowest BCUT2D eigenvalue weighted by Crippen LogP contribution is -2.45. The van der Waals surface area contributed by atoms with Crippen molar-refractivity contribution in [2.45, 2.75) is 51.5 Å². The van der Waals surface area contributed by atoms with E-state index >= 15 is 0 Å². The Bertz CT molecular complexity index is 364. The average Bonchev–Trinajstić information content (AvgIpc) is 2.64. The third-order valence-electron chi connectivity index (χ3n) is 4.87. The van der Waals surface area contributed by atoms with Gasteiger partial charge in [-0.1, -0.05) is 32.6 Å². The lowest BCUT2D eigenvalue weighted by Gasteiger charge is -2.31. The van der Waals surface area contributed by atoms with Gasteiger partial charge in [-0.2, -0.15) is 0 Å². The maximum absolute atomic E-state index is 12.5. The first-order valence-electron chi connectivity index (χ1n) is 7.75. The number of hydrogen-bond donors (Lipinski definition) is 1. The van der Waals surface area contributed by atoms with Crippen LogP contribution >= 0.6 is 0 Å². The Kier molecular flexibility index (Phi) is 4.89. The summed E-state index contributed by atoms with van der Waals surface area (Å²) >= 11 is 0. The van der Waals surface area contributed by atoms with Gasteiger partial charge in [0.25, 0.3) is 0 Å². The minimum absolute atomic E-state index is 0.00694. The molecule has 114 valence electrons. The molecule has 1 aliphatic heterocycles. The van der Waals surface area contributed by atoms with Crippen LogP contribution in [0.4, 0.5) is 4.79 Å². The van der Waals surface area contributed by atoms with Crippen molar-refractivity contribution in [3.8, 4) is 0 Å². The molecule has 2 aliphatic rings. The standard InChI is InChI=1S/C15H26N2O3/c1-11-9-17(10-13(11)14(18)19)15(20)16(2)12-7-5-3-4-6-8-12/h11-13H,3-10H2,1-2H3,(H,18,19). The van der Waals surface area contributed by atoms with Gasteiger partial charge in [-0.3, -0.25) is 4.79 Å². The summed E-state index contributed by atoms with van der Waals surface area (Å²) in [5.74, 6) is -1.16. The molecule has 5 heteroatoms. The van der Waals surface area contributed by atoms with Gasteiger partial charge in [0.15, 0.2) is 0 Å². The number of nitrogens with zero attached hydrogens (tertiary/aromatic N) is 2. The van der Waals surface area contributed by atoms with Crippen molar-refractivity contribution in [1.82, 2.24) is 9.80 Å². The molecule has 1 N–H and O–H groups in total. The predicted octanol–water partition coefficient (Wildman–Crippen LogP) is 2.41. The SMILES string of the molecule is CC1CN(C(=O)N(C)C2CCCCCC2)CC1C(=O)O. The Labute approximate surface area is 120 Å². The number of hydrogen-bond acceptors (Lipinski definition) is 2. The molecule has 0 bridgehead atoms. The van der Waals surface area contributed by atoms with E-state index in [2.05, 4.69) is 0 Å². The van der Waals surface area contributed by atoms with E-state index in [0.717, 1.165) is 12.8 Å². The fourth-order valence-corrected chi connectivity index (χ4v) is 3.47. The highest BCUT2D eigenvalue weighted by Crippen LogP contribution is 2.26. The molecule has 1 saturated heterocycles. The van der Waals surface area contributed by atoms with E-state index < -0.39 is 11.9 Å². The summed E-state index contributed by atoms with van der Waals surface area (Å²) in [6, 6.07) is 0.330. The van der Waals surface area contributed by atoms with Crippen molar-refractivity contribution >= 4 is 12.0 Å². The zero-order valence-corrected chi connectivity index (χ0v) is 12.5. The van der Waals surface area contributed by atoms with Gasteiger partial charge in [0.1, 0.15) is 0 Å². The summed E-state index contributed by atoms with van der Waals surface area (Å²) in [4.78, 5) is 27.2. The highest BCUT2D eigenvalue weighted by Gasteiger charge is 2.38. The van der Waals surface area contributed by atoms with Crippen molar-refractivity contribution < 1.29 is 14.7 Å². The van der Waals surface area contributed by atoms with Gasteiger partial charge < -0.3 is 14.9 Å². The van der Waals surface area contributed by atoms with E-state index in [9.17, 15) is 9.59 Å². The summed E-state index contributed by atoms with van der Waals surface area (Å²) in [6.07, 6.45) is 7.07. The van der Waals surface area contributed by atoms with Gasteiger partial charge in [-0.05, 0) is 18.8 Å². The predicted molar refractivity (Wildman–Crippen MR) is 76.5 cm³/mol. The van der Waals surface area contributed by atoms with Gasteiger partial charge in [0, 0.05) is 26.2 Å². The fraction of sp³-hybridized carbons (Fsp3) is 0.867. The van der Waals surface area contributed by atoms with Gasteiger partial charge in [0.2, 0.25) is 0 Å². The number of aliphatic carboxylic acids is 1. The Balaban J connectivity index is 1.95. The van der Waals surface area contributed by atoms with Crippen LogP contribution in [0.15, 0.2) is 0 Å². The van der Waals surface area contributed by atoms with Crippen molar-refractivity contribution in [2.75, 3.05) is 20.1 Å². The largest absolute Gasteiger partial charge is 0.481 e. The third-order valence-corrected chi connectivity index (χ3v) is 4.87. The molecule has 20 heavy (non-hydrogen) atoms. The molecule has 1 heterocycles. The van der Waals surface area contributed by atoms with Crippen LogP contribution in [0.25, 0.3) is 0 Å². The molecular formula is C15H26N2O3. The van der Waals surface area contributed by atoms with Crippen LogP contribution in [0.1, 0.15) is 45.4 Å². The van der Waals surface area contributed by atoms with Crippen molar-refractivity contribution in [1.29, 1.82) is 0 Å². The second-order valence-corrected chi connectivity index (χ2v) is 6.37. The van der Waals surface area contributed by atoms with E-state index in [1.165, 1.54) is 25.7 Å². The van der Waals surface area contributed by atoms with E-state index in [1.54, 1.807) is 4.90 Å². The monoisotopic (exact) mass is 282 g/mol. The molecule has 0 radical (unpaired) electrons. The van der Waals surface area contributed by atoms with Gasteiger partial charge in [-0.15, -0.1) is 0 Å². The van der Waals surface area contributed by atoms with Crippen molar-refractivity contribution in [3.05, 3.63) is 0 Å². The number of carbonyl (C=O) groups excluding carboxylic acids is 1.